The molecule has 0 radical (unpaired) electrons. The lowest BCUT2D eigenvalue weighted by molar-refractivity contribution is 0.413. The van der Waals surface area contributed by atoms with Crippen molar-refractivity contribution in [3.8, 4) is 5.75 Å². The van der Waals surface area contributed by atoms with Crippen LogP contribution in [0.3, 0.4) is 0 Å². The highest BCUT2D eigenvalue weighted by atomic mass is 16.5. The van der Waals surface area contributed by atoms with Crippen LogP contribution in [0.1, 0.15) is 44.7 Å². The summed E-state index contributed by atoms with van der Waals surface area (Å²) in [5, 5.41) is 0. The summed E-state index contributed by atoms with van der Waals surface area (Å²) in [5.74, 6) is 2.24. The molecular formula is C14H22O. The zero-order valence-electron chi connectivity index (χ0n) is 10.5. The fraction of sp³-hybridized carbons (Fsp3) is 0.571. The SMILES string of the molecule is COc1cc(CC(C)C)cc(C(C)C)c1. The highest BCUT2D eigenvalue weighted by Crippen LogP contribution is 2.24. The Balaban J connectivity index is 3.00. The van der Waals surface area contributed by atoms with Crippen LogP contribution in [0.5, 0.6) is 5.75 Å². The van der Waals surface area contributed by atoms with Crippen molar-refractivity contribution in [3.05, 3.63) is 29.3 Å². The Morgan fingerprint density at radius 3 is 2.20 bits per heavy atom. The van der Waals surface area contributed by atoms with E-state index in [0.29, 0.717) is 11.8 Å². The first-order chi connectivity index (χ1) is 7.02. The zero-order chi connectivity index (χ0) is 11.4. The summed E-state index contributed by atoms with van der Waals surface area (Å²) in [6.45, 7) is 8.92. The van der Waals surface area contributed by atoms with Crippen LogP contribution in [0.25, 0.3) is 0 Å². The van der Waals surface area contributed by atoms with E-state index in [1.807, 2.05) is 0 Å². The molecule has 0 aliphatic heterocycles. The molecule has 0 atom stereocenters. The van der Waals surface area contributed by atoms with Crippen molar-refractivity contribution in [3.63, 3.8) is 0 Å². The van der Waals surface area contributed by atoms with Crippen molar-refractivity contribution in [2.75, 3.05) is 7.11 Å². The molecule has 0 saturated carbocycles. The van der Waals surface area contributed by atoms with E-state index in [-0.39, 0.29) is 0 Å². The maximum atomic E-state index is 5.33. The predicted octanol–water partition coefficient (Wildman–Crippen LogP) is 4.02. The average Bonchev–Trinajstić information content (AvgIpc) is 2.16. The molecule has 0 spiro atoms. The maximum Gasteiger partial charge on any atom is 0.119 e. The Labute approximate surface area is 93.5 Å². The molecule has 15 heavy (non-hydrogen) atoms. The molecule has 0 fully saturated rings. The standard InChI is InChI=1S/C14H22O/c1-10(2)6-12-7-13(11(3)4)9-14(8-12)15-5/h7-11H,6H2,1-5H3. The molecule has 0 bridgehead atoms. The van der Waals surface area contributed by atoms with Gasteiger partial charge in [0.1, 0.15) is 5.75 Å². The van der Waals surface area contributed by atoms with Crippen molar-refractivity contribution < 1.29 is 4.74 Å². The summed E-state index contributed by atoms with van der Waals surface area (Å²) in [4.78, 5) is 0. The van der Waals surface area contributed by atoms with Gasteiger partial charge in [-0.05, 0) is 41.5 Å². The van der Waals surface area contributed by atoms with E-state index in [2.05, 4.69) is 45.9 Å². The summed E-state index contributed by atoms with van der Waals surface area (Å²) >= 11 is 0. The number of ether oxygens (including phenoxy) is 1. The molecule has 0 N–H and O–H groups in total. The molecule has 0 heterocycles. The smallest absolute Gasteiger partial charge is 0.119 e. The quantitative estimate of drug-likeness (QED) is 0.723. The fourth-order valence-electron chi connectivity index (χ4n) is 1.73. The number of rotatable bonds is 4. The van der Waals surface area contributed by atoms with Gasteiger partial charge in [0, 0.05) is 0 Å². The lowest BCUT2D eigenvalue weighted by atomic mass is 9.96. The molecule has 0 saturated heterocycles. The van der Waals surface area contributed by atoms with Gasteiger partial charge in [0.15, 0.2) is 0 Å². The Kier molecular flexibility index (Phi) is 4.19. The molecule has 1 nitrogen and oxygen atoms in total. The van der Waals surface area contributed by atoms with Gasteiger partial charge in [-0.1, -0.05) is 33.8 Å². The van der Waals surface area contributed by atoms with E-state index in [4.69, 9.17) is 4.74 Å². The molecular weight excluding hydrogens is 184 g/mol. The molecule has 0 aromatic heterocycles. The van der Waals surface area contributed by atoms with E-state index < -0.39 is 0 Å². The highest BCUT2D eigenvalue weighted by Gasteiger charge is 2.06. The van der Waals surface area contributed by atoms with Crippen molar-refractivity contribution in [2.45, 2.75) is 40.0 Å². The first-order valence-corrected chi connectivity index (χ1v) is 5.70. The monoisotopic (exact) mass is 206 g/mol. The second-order valence-corrected chi connectivity index (χ2v) is 4.87. The first kappa shape index (κ1) is 12.1. The summed E-state index contributed by atoms with van der Waals surface area (Å²) in [6.07, 6.45) is 1.12. The van der Waals surface area contributed by atoms with Crippen LogP contribution < -0.4 is 4.74 Å². The van der Waals surface area contributed by atoms with Gasteiger partial charge in [0.25, 0.3) is 0 Å². The fourth-order valence-corrected chi connectivity index (χ4v) is 1.73. The largest absolute Gasteiger partial charge is 0.497 e. The van der Waals surface area contributed by atoms with E-state index in [1.54, 1.807) is 7.11 Å². The molecule has 0 aliphatic carbocycles. The van der Waals surface area contributed by atoms with E-state index in [0.717, 1.165) is 12.2 Å². The van der Waals surface area contributed by atoms with Crippen LogP contribution in [0.15, 0.2) is 18.2 Å². The van der Waals surface area contributed by atoms with Gasteiger partial charge in [-0.25, -0.2) is 0 Å². The lowest BCUT2D eigenvalue weighted by Gasteiger charge is -2.12. The molecule has 84 valence electrons. The summed E-state index contributed by atoms with van der Waals surface area (Å²) in [7, 11) is 1.73. The van der Waals surface area contributed by atoms with Crippen molar-refractivity contribution >= 4 is 0 Å². The minimum Gasteiger partial charge on any atom is -0.497 e. The summed E-state index contributed by atoms with van der Waals surface area (Å²) in [5.41, 5.74) is 2.75. The minimum absolute atomic E-state index is 0.561. The molecule has 0 aliphatic rings. The Morgan fingerprint density at radius 1 is 1.07 bits per heavy atom. The second kappa shape index (κ2) is 5.20. The van der Waals surface area contributed by atoms with Crippen LogP contribution in [-0.2, 0) is 6.42 Å². The van der Waals surface area contributed by atoms with Crippen molar-refractivity contribution in [1.82, 2.24) is 0 Å². The minimum atomic E-state index is 0.561. The number of hydrogen-bond donors (Lipinski definition) is 0. The average molecular weight is 206 g/mol. The summed E-state index contributed by atoms with van der Waals surface area (Å²) < 4.78 is 5.33. The summed E-state index contributed by atoms with van der Waals surface area (Å²) in [6, 6.07) is 6.58. The topological polar surface area (TPSA) is 9.23 Å². The Hall–Kier alpha value is -0.980. The highest BCUT2D eigenvalue weighted by molar-refractivity contribution is 5.36. The van der Waals surface area contributed by atoms with E-state index >= 15 is 0 Å². The molecule has 1 aromatic rings. The van der Waals surface area contributed by atoms with Crippen molar-refractivity contribution in [1.29, 1.82) is 0 Å². The molecule has 0 unspecified atom stereocenters. The van der Waals surface area contributed by atoms with E-state index in [1.165, 1.54) is 11.1 Å². The normalized spacial score (nSPS) is 11.1. The maximum absolute atomic E-state index is 5.33. The lowest BCUT2D eigenvalue weighted by Crippen LogP contribution is -1.98. The van der Waals surface area contributed by atoms with Gasteiger partial charge in [-0.15, -0.1) is 0 Å². The third kappa shape index (κ3) is 3.58. The number of benzene rings is 1. The van der Waals surface area contributed by atoms with E-state index in [9.17, 15) is 0 Å². The first-order valence-electron chi connectivity index (χ1n) is 5.70. The number of methoxy groups -OCH3 is 1. The van der Waals surface area contributed by atoms with Gasteiger partial charge >= 0.3 is 0 Å². The zero-order valence-corrected chi connectivity index (χ0v) is 10.5. The Bertz CT molecular complexity index is 313. The van der Waals surface area contributed by atoms with Crippen LogP contribution in [-0.4, -0.2) is 7.11 Å². The van der Waals surface area contributed by atoms with Gasteiger partial charge in [-0.2, -0.15) is 0 Å². The van der Waals surface area contributed by atoms with Crippen LogP contribution in [0.2, 0.25) is 0 Å². The third-order valence-electron chi connectivity index (χ3n) is 2.53. The van der Waals surface area contributed by atoms with Crippen LogP contribution in [0, 0.1) is 5.92 Å². The van der Waals surface area contributed by atoms with Gasteiger partial charge in [-0.3, -0.25) is 0 Å². The van der Waals surface area contributed by atoms with Gasteiger partial charge in [0.2, 0.25) is 0 Å². The molecule has 1 aromatic carbocycles. The molecule has 1 heteroatoms. The third-order valence-corrected chi connectivity index (χ3v) is 2.53. The predicted molar refractivity (Wildman–Crippen MR) is 65.6 cm³/mol. The van der Waals surface area contributed by atoms with Crippen LogP contribution >= 0.6 is 0 Å². The second-order valence-electron chi connectivity index (χ2n) is 4.87. The van der Waals surface area contributed by atoms with Gasteiger partial charge < -0.3 is 4.74 Å². The van der Waals surface area contributed by atoms with Gasteiger partial charge in [0.05, 0.1) is 7.11 Å². The Morgan fingerprint density at radius 2 is 1.73 bits per heavy atom. The molecule has 1 rings (SSSR count). The molecule has 0 amide bonds. The number of hydrogen-bond acceptors (Lipinski definition) is 1. The van der Waals surface area contributed by atoms with Crippen LogP contribution in [0.4, 0.5) is 0 Å². The van der Waals surface area contributed by atoms with Crippen molar-refractivity contribution in [2.24, 2.45) is 5.92 Å².